The quantitative estimate of drug-likeness (QED) is 0.412. The van der Waals surface area contributed by atoms with Gasteiger partial charge in [-0.2, -0.15) is 4.98 Å². The number of carbonyl (C=O) groups is 1. The number of nitrogens with zero attached hydrogens (tertiary/aromatic N) is 4. The monoisotopic (exact) mass is 480 g/mol. The summed E-state index contributed by atoms with van der Waals surface area (Å²) in [5, 5.41) is 6.26. The number of carbonyl (C=O) groups excluding carboxylic acids is 1. The van der Waals surface area contributed by atoms with Crippen molar-refractivity contribution in [2.75, 3.05) is 23.6 Å². The molecule has 2 aromatic heterocycles. The molecule has 9 heteroatoms. The molecule has 2 aliphatic rings. The third kappa shape index (κ3) is 4.38. The third-order valence-corrected chi connectivity index (χ3v) is 6.20. The van der Waals surface area contributed by atoms with E-state index in [0.717, 1.165) is 35.7 Å². The summed E-state index contributed by atoms with van der Waals surface area (Å²) in [6.07, 6.45) is 4.20. The van der Waals surface area contributed by atoms with Crippen LogP contribution in [0.25, 0.3) is 0 Å². The summed E-state index contributed by atoms with van der Waals surface area (Å²) in [7, 11) is 0. The zero-order chi connectivity index (χ0) is 24.3. The molecule has 1 amide bonds. The summed E-state index contributed by atoms with van der Waals surface area (Å²) in [5.41, 5.74) is 4.46. The van der Waals surface area contributed by atoms with E-state index in [1.54, 1.807) is 12.4 Å². The molecule has 6 rings (SSSR count). The topological polar surface area (TPSA) is 102 Å². The first-order chi connectivity index (χ1) is 17.7. The average molecular weight is 481 g/mol. The van der Waals surface area contributed by atoms with Gasteiger partial charge in [-0.15, -0.1) is 0 Å². The van der Waals surface area contributed by atoms with Crippen LogP contribution in [-0.4, -0.2) is 34.2 Å². The molecule has 0 spiro atoms. The predicted octanol–water partition coefficient (Wildman–Crippen LogP) is 3.84. The van der Waals surface area contributed by atoms with Crippen molar-refractivity contribution in [3.8, 4) is 11.5 Å². The Morgan fingerprint density at radius 2 is 1.86 bits per heavy atom. The molecular formula is C27H24N6O3. The number of para-hydroxylation sites is 1. The zero-order valence-electron chi connectivity index (χ0n) is 19.5. The number of aromatic nitrogens is 3. The van der Waals surface area contributed by atoms with Gasteiger partial charge in [0.25, 0.3) is 5.91 Å². The largest absolute Gasteiger partial charge is 0.454 e. The van der Waals surface area contributed by atoms with Gasteiger partial charge in [-0.3, -0.25) is 9.78 Å². The molecule has 2 aromatic carbocycles. The molecular weight excluding hydrogens is 456 g/mol. The molecule has 0 atom stereocenters. The van der Waals surface area contributed by atoms with Crippen molar-refractivity contribution in [1.82, 2.24) is 20.3 Å². The molecule has 0 bridgehead atoms. The van der Waals surface area contributed by atoms with Crippen LogP contribution in [0.4, 0.5) is 17.5 Å². The van der Waals surface area contributed by atoms with Gasteiger partial charge in [0.15, 0.2) is 11.5 Å². The highest BCUT2D eigenvalue weighted by molar-refractivity contribution is 5.98. The molecule has 0 unspecified atom stereocenters. The predicted molar refractivity (Wildman–Crippen MR) is 134 cm³/mol. The number of nitrogens with one attached hydrogen (secondary N) is 2. The lowest BCUT2D eigenvalue weighted by Crippen LogP contribution is -2.26. The number of pyridine rings is 1. The summed E-state index contributed by atoms with van der Waals surface area (Å²) in [5.74, 6) is 2.17. The van der Waals surface area contributed by atoms with Crippen LogP contribution in [0, 0.1) is 0 Å². The van der Waals surface area contributed by atoms with E-state index in [1.165, 1.54) is 5.56 Å². The molecule has 0 radical (unpaired) electrons. The Bertz CT molecular complexity index is 1410. The Labute approximate surface area is 208 Å². The third-order valence-electron chi connectivity index (χ3n) is 6.20. The number of amides is 1. The van der Waals surface area contributed by atoms with Crippen molar-refractivity contribution < 1.29 is 14.3 Å². The van der Waals surface area contributed by atoms with Crippen molar-refractivity contribution in [2.45, 2.75) is 19.5 Å². The summed E-state index contributed by atoms with van der Waals surface area (Å²) >= 11 is 0. The Balaban J connectivity index is 1.27. The zero-order valence-corrected chi connectivity index (χ0v) is 19.5. The Morgan fingerprint density at radius 1 is 0.972 bits per heavy atom. The normalized spacial score (nSPS) is 13.4. The van der Waals surface area contributed by atoms with Gasteiger partial charge in [0.05, 0.1) is 12.2 Å². The molecule has 4 heterocycles. The van der Waals surface area contributed by atoms with Gasteiger partial charge in [0, 0.05) is 31.2 Å². The van der Waals surface area contributed by atoms with Gasteiger partial charge in [0.1, 0.15) is 11.4 Å². The average Bonchev–Trinajstić information content (AvgIpc) is 3.58. The highest BCUT2D eigenvalue weighted by atomic mass is 16.7. The smallest absolute Gasteiger partial charge is 0.256 e. The van der Waals surface area contributed by atoms with E-state index in [4.69, 9.17) is 14.5 Å². The van der Waals surface area contributed by atoms with E-state index in [0.29, 0.717) is 36.2 Å². The van der Waals surface area contributed by atoms with Gasteiger partial charge < -0.3 is 25.0 Å². The molecule has 2 N–H and O–H groups in total. The van der Waals surface area contributed by atoms with Crippen LogP contribution in [-0.2, 0) is 19.5 Å². The fraction of sp³-hybridized carbons (Fsp3) is 0.185. The Kier molecular flexibility index (Phi) is 5.79. The number of fused-ring (bicyclic) bond motifs is 2. The van der Waals surface area contributed by atoms with Crippen LogP contribution in [0.5, 0.6) is 11.5 Å². The molecule has 36 heavy (non-hydrogen) atoms. The van der Waals surface area contributed by atoms with E-state index < -0.39 is 0 Å². The first-order valence-electron chi connectivity index (χ1n) is 11.8. The van der Waals surface area contributed by atoms with E-state index in [-0.39, 0.29) is 12.7 Å². The maximum absolute atomic E-state index is 13.1. The second-order valence-electron chi connectivity index (χ2n) is 8.51. The lowest BCUT2D eigenvalue weighted by Gasteiger charge is -2.19. The molecule has 2 aliphatic heterocycles. The molecule has 9 nitrogen and oxygen atoms in total. The SMILES string of the molecule is O=C(NCc1ccccn1)c1cnc(N2CCc3ccccc32)nc1NCc1ccc2c(c1)OCO2. The highest BCUT2D eigenvalue weighted by Crippen LogP contribution is 2.34. The van der Waals surface area contributed by atoms with Gasteiger partial charge >= 0.3 is 0 Å². The second-order valence-corrected chi connectivity index (χ2v) is 8.51. The van der Waals surface area contributed by atoms with Crippen LogP contribution >= 0.6 is 0 Å². The second kappa shape index (κ2) is 9.53. The maximum Gasteiger partial charge on any atom is 0.256 e. The fourth-order valence-electron chi connectivity index (χ4n) is 4.35. The summed E-state index contributed by atoms with van der Waals surface area (Å²) in [6.45, 7) is 1.76. The van der Waals surface area contributed by atoms with E-state index in [2.05, 4.69) is 37.6 Å². The Morgan fingerprint density at radius 3 is 2.78 bits per heavy atom. The van der Waals surface area contributed by atoms with E-state index in [1.807, 2.05) is 48.5 Å². The van der Waals surface area contributed by atoms with Crippen molar-refractivity contribution in [3.05, 3.63) is 95.4 Å². The fourth-order valence-corrected chi connectivity index (χ4v) is 4.35. The summed E-state index contributed by atoms with van der Waals surface area (Å²) in [6, 6.07) is 19.6. The minimum absolute atomic E-state index is 0.222. The van der Waals surface area contributed by atoms with Gasteiger partial charge in [0.2, 0.25) is 12.7 Å². The van der Waals surface area contributed by atoms with E-state index >= 15 is 0 Å². The number of hydrogen-bond donors (Lipinski definition) is 2. The van der Waals surface area contributed by atoms with Gasteiger partial charge in [-0.25, -0.2) is 4.98 Å². The molecule has 0 fully saturated rings. The lowest BCUT2D eigenvalue weighted by atomic mass is 10.2. The minimum atomic E-state index is -0.276. The summed E-state index contributed by atoms with van der Waals surface area (Å²) < 4.78 is 10.9. The van der Waals surface area contributed by atoms with Crippen molar-refractivity contribution in [1.29, 1.82) is 0 Å². The van der Waals surface area contributed by atoms with Crippen molar-refractivity contribution in [2.24, 2.45) is 0 Å². The molecule has 0 aliphatic carbocycles. The van der Waals surface area contributed by atoms with Gasteiger partial charge in [-0.05, 0) is 47.9 Å². The number of benzene rings is 2. The maximum atomic E-state index is 13.1. The van der Waals surface area contributed by atoms with E-state index in [9.17, 15) is 4.79 Å². The lowest BCUT2D eigenvalue weighted by molar-refractivity contribution is 0.0950. The first kappa shape index (κ1) is 21.8. The molecule has 0 saturated carbocycles. The molecule has 180 valence electrons. The van der Waals surface area contributed by atoms with Crippen molar-refractivity contribution in [3.63, 3.8) is 0 Å². The Hall–Kier alpha value is -4.66. The van der Waals surface area contributed by atoms with Crippen LogP contribution in [0.2, 0.25) is 0 Å². The minimum Gasteiger partial charge on any atom is -0.454 e. The first-order valence-corrected chi connectivity index (χ1v) is 11.8. The van der Waals surface area contributed by atoms with Crippen molar-refractivity contribution >= 4 is 23.4 Å². The number of hydrogen-bond acceptors (Lipinski definition) is 8. The molecule has 0 saturated heterocycles. The van der Waals surface area contributed by atoms with Crippen LogP contribution in [0.15, 0.2) is 73.1 Å². The number of rotatable bonds is 7. The molecule has 4 aromatic rings. The highest BCUT2D eigenvalue weighted by Gasteiger charge is 2.24. The van der Waals surface area contributed by atoms with Crippen LogP contribution < -0.4 is 25.0 Å². The number of anilines is 3. The van der Waals surface area contributed by atoms with Gasteiger partial charge in [-0.1, -0.05) is 30.3 Å². The number of ether oxygens (including phenoxy) is 2. The standard InChI is InChI=1S/C27H24N6O3/c34-26(30-15-20-6-3-4-11-28-20)21-16-31-27(33-12-10-19-5-1-2-7-22(19)33)32-25(21)29-14-18-8-9-23-24(13-18)36-17-35-23/h1-9,11,13,16H,10,12,14-15,17H2,(H,30,34)(H,29,31,32). The van der Waals surface area contributed by atoms with Crippen LogP contribution in [0.1, 0.15) is 27.2 Å². The summed E-state index contributed by atoms with van der Waals surface area (Å²) in [4.78, 5) is 28.8. The van der Waals surface area contributed by atoms with Crippen LogP contribution in [0.3, 0.4) is 0 Å².